The lowest BCUT2D eigenvalue weighted by Gasteiger charge is -2.36. The molecule has 0 bridgehead atoms. The van der Waals surface area contributed by atoms with Crippen molar-refractivity contribution in [2.75, 3.05) is 39.3 Å². The number of rotatable bonds is 7. The molecule has 0 spiro atoms. The van der Waals surface area contributed by atoms with Crippen molar-refractivity contribution in [3.05, 3.63) is 17.3 Å². The zero-order valence-corrected chi connectivity index (χ0v) is 23.3. The molecular formula is C25H45IN6O. The number of nitrogens with zero attached hydrogens (tertiary/aromatic N) is 4. The quantitative estimate of drug-likeness (QED) is 0.292. The summed E-state index contributed by atoms with van der Waals surface area (Å²) >= 11 is 0. The van der Waals surface area contributed by atoms with Gasteiger partial charge in [-0.2, -0.15) is 0 Å². The summed E-state index contributed by atoms with van der Waals surface area (Å²) in [6, 6.07) is 1.42. The van der Waals surface area contributed by atoms with Gasteiger partial charge in [-0.3, -0.25) is 9.89 Å². The molecule has 1 aromatic heterocycles. The number of guanidine groups is 1. The molecule has 33 heavy (non-hydrogen) atoms. The van der Waals surface area contributed by atoms with Gasteiger partial charge in [0.05, 0.1) is 12.2 Å². The maximum atomic E-state index is 5.76. The molecule has 7 nitrogen and oxygen atoms in total. The van der Waals surface area contributed by atoms with Gasteiger partial charge < -0.3 is 20.0 Å². The summed E-state index contributed by atoms with van der Waals surface area (Å²) < 4.78 is 5.76. The van der Waals surface area contributed by atoms with Crippen LogP contribution in [0.15, 0.2) is 9.41 Å². The van der Waals surface area contributed by atoms with Crippen LogP contribution in [0.1, 0.15) is 75.6 Å². The van der Waals surface area contributed by atoms with Gasteiger partial charge in [0, 0.05) is 38.3 Å². The topological polar surface area (TPSA) is 68.9 Å². The fourth-order valence-electron chi connectivity index (χ4n) is 5.54. The molecule has 2 N–H and O–H groups in total. The van der Waals surface area contributed by atoms with E-state index in [4.69, 9.17) is 9.41 Å². The molecule has 3 heterocycles. The number of aliphatic imine (C=N–C) groups is 1. The summed E-state index contributed by atoms with van der Waals surface area (Å²) in [6.07, 6.45) is 10.5. The van der Waals surface area contributed by atoms with Gasteiger partial charge in [0.15, 0.2) is 5.96 Å². The van der Waals surface area contributed by atoms with E-state index in [-0.39, 0.29) is 24.0 Å². The fraction of sp³-hybridized carbons (Fsp3) is 0.840. The number of likely N-dealkylation sites (tertiary alicyclic amines) is 2. The SMILES string of the molecule is CCNC(=NCC1CCN(Cc2nc(C)c(C)o2)CC1)NC1CCN(C2CCCC2)CC1.I. The summed E-state index contributed by atoms with van der Waals surface area (Å²) in [5.74, 6) is 3.48. The normalized spacial score (nSPS) is 22.5. The van der Waals surface area contributed by atoms with Gasteiger partial charge in [-0.15, -0.1) is 24.0 Å². The van der Waals surface area contributed by atoms with Crippen LogP contribution in [0.5, 0.6) is 0 Å². The average Bonchev–Trinajstić information content (AvgIpc) is 3.44. The molecule has 3 fully saturated rings. The van der Waals surface area contributed by atoms with E-state index in [1.165, 1.54) is 64.5 Å². The van der Waals surface area contributed by atoms with Crippen molar-refractivity contribution in [2.24, 2.45) is 10.9 Å². The maximum absolute atomic E-state index is 5.76. The number of aromatic nitrogens is 1. The van der Waals surface area contributed by atoms with Crippen LogP contribution in [-0.2, 0) is 6.54 Å². The molecule has 1 aromatic rings. The summed E-state index contributed by atoms with van der Waals surface area (Å²) in [4.78, 5) is 14.7. The number of hydrogen-bond donors (Lipinski definition) is 2. The Morgan fingerprint density at radius 1 is 1.03 bits per heavy atom. The zero-order valence-electron chi connectivity index (χ0n) is 20.9. The molecule has 3 aliphatic rings. The number of aryl methyl sites for hydroxylation is 2. The highest BCUT2D eigenvalue weighted by molar-refractivity contribution is 14.0. The second kappa shape index (κ2) is 13.3. The van der Waals surface area contributed by atoms with Gasteiger partial charge in [-0.25, -0.2) is 4.98 Å². The minimum absolute atomic E-state index is 0. The smallest absolute Gasteiger partial charge is 0.208 e. The first-order valence-corrected chi connectivity index (χ1v) is 13.0. The Balaban J connectivity index is 0.00000306. The Morgan fingerprint density at radius 3 is 2.33 bits per heavy atom. The van der Waals surface area contributed by atoms with Gasteiger partial charge >= 0.3 is 0 Å². The van der Waals surface area contributed by atoms with Crippen molar-refractivity contribution in [2.45, 2.75) is 90.8 Å². The van der Waals surface area contributed by atoms with E-state index in [1.807, 2.05) is 13.8 Å². The summed E-state index contributed by atoms with van der Waals surface area (Å²) in [7, 11) is 0. The van der Waals surface area contributed by atoms with Gasteiger partial charge in [0.1, 0.15) is 5.76 Å². The molecule has 1 saturated carbocycles. The molecule has 0 atom stereocenters. The van der Waals surface area contributed by atoms with E-state index in [0.29, 0.717) is 12.0 Å². The van der Waals surface area contributed by atoms with Gasteiger partial charge in [0.2, 0.25) is 5.89 Å². The van der Waals surface area contributed by atoms with E-state index in [2.05, 4.69) is 32.3 Å². The van der Waals surface area contributed by atoms with Crippen molar-refractivity contribution in [1.29, 1.82) is 0 Å². The minimum atomic E-state index is 0. The number of hydrogen-bond acceptors (Lipinski definition) is 5. The molecule has 2 aliphatic heterocycles. The largest absolute Gasteiger partial charge is 0.444 e. The van der Waals surface area contributed by atoms with E-state index >= 15 is 0 Å². The minimum Gasteiger partial charge on any atom is -0.444 e. The summed E-state index contributed by atoms with van der Waals surface area (Å²) in [6.45, 7) is 13.5. The molecule has 188 valence electrons. The maximum Gasteiger partial charge on any atom is 0.208 e. The number of nitrogens with one attached hydrogen (secondary N) is 2. The Hall–Kier alpha value is -0.870. The van der Waals surface area contributed by atoms with Crippen LogP contribution >= 0.6 is 24.0 Å². The molecule has 0 unspecified atom stereocenters. The molecule has 1 aliphatic carbocycles. The third kappa shape index (κ3) is 7.82. The third-order valence-corrected chi connectivity index (χ3v) is 7.70. The van der Waals surface area contributed by atoms with E-state index in [9.17, 15) is 0 Å². The van der Waals surface area contributed by atoms with Crippen molar-refractivity contribution in [3.63, 3.8) is 0 Å². The molecular weight excluding hydrogens is 527 g/mol. The first-order chi connectivity index (χ1) is 15.6. The fourth-order valence-corrected chi connectivity index (χ4v) is 5.54. The van der Waals surface area contributed by atoms with Gasteiger partial charge in [-0.1, -0.05) is 12.8 Å². The molecule has 2 saturated heterocycles. The molecule has 8 heteroatoms. The van der Waals surface area contributed by atoms with Crippen molar-refractivity contribution >= 4 is 29.9 Å². The average molecular weight is 573 g/mol. The number of piperidine rings is 2. The number of oxazole rings is 1. The Kier molecular flexibility index (Phi) is 10.8. The second-order valence-corrected chi connectivity index (χ2v) is 10.1. The Bertz CT molecular complexity index is 712. The monoisotopic (exact) mass is 572 g/mol. The predicted molar refractivity (Wildman–Crippen MR) is 145 cm³/mol. The Morgan fingerprint density at radius 2 is 1.73 bits per heavy atom. The summed E-state index contributed by atoms with van der Waals surface area (Å²) in [5, 5.41) is 7.22. The molecule has 0 amide bonds. The van der Waals surface area contributed by atoms with Crippen LogP contribution in [0.4, 0.5) is 0 Å². The molecule has 0 aromatic carbocycles. The van der Waals surface area contributed by atoms with Crippen LogP contribution < -0.4 is 10.6 Å². The van der Waals surface area contributed by atoms with Crippen molar-refractivity contribution in [3.8, 4) is 0 Å². The second-order valence-electron chi connectivity index (χ2n) is 10.1. The standard InChI is InChI=1S/C25H44N6O.HI/c1-4-26-25(29-22-11-15-31(16-12-22)23-7-5-6-8-23)27-17-21-9-13-30(14-10-21)18-24-28-19(2)20(3)32-24;/h21-23H,4-18H2,1-3H3,(H2,26,27,29);1H. The first kappa shape index (κ1) is 26.7. The van der Waals surface area contributed by atoms with E-state index in [1.54, 1.807) is 0 Å². The van der Waals surface area contributed by atoms with Crippen molar-refractivity contribution < 1.29 is 4.42 Å². The van der Waals surface area contributed by atoms with E-state index < -0.39 is 0 Å². The van der Waals surface area contributed by atoms with Crippen LogP contribution in [0, 0.1) is 19.8 Å². The predicted octanol–water partition coefficient (Wildman–Crippen LogP) is 4.08. The van der Waals surface area contributed by atoms with E-state index in [0.717, 1.165) is 62.1 Å². The lowest BCUT2D eigenvalue weighted by molar-refractivity contribution is 0.150. The van der Waals surface area contributed by atoms with Crippen LogP contribution in [0.3, 0.4) is 0 Å². The lowest BCUT2D eigenvalue weighted by Crippen LogP contribution is -2.50. The van der Waals surface area contributed by atoms with Crippen LogP contribution in [-0.4, -0.2) is 72.1 Å². The number of halogens is 1. The van der Waals surface area contributed by atoms with Gasteiger partial charge in [0.25, 0.3) is 0 Å². The Labute approximate surface area is 217 Å². The summed E-state index contributed by atoms with van der Waals surface area (Å²) in [5.41, 5.74) is 1.01. The molecule has 4 rings (SSSR count). The van der Waals surface area contributed by atoms with Crippen LogP contribution in [0.2, 0.25) is 0 Å². The highest BCUT2D eigenvalue weighted by atomic mass is 127. The third-order valence-electron chi connectivity index (χ3n) is 7.70. The lowest BCUT2D eigenvalue weighted by atomic mass is 9.97. The van der Waals surface area contributed by atoms with Crippen molar-refractivity contribution in [1.82, 2.24) is 25.4 Å². The molecule has 0 radical (unpaired) electrons. The first-order valence-electron chi connectivity index (χ1n) is 13.0. The highest BCUT2D eigenvalue weighted by Gasteiger charge is 2.27. The zero-order chi connectivity index (χ0) is 22.3. The highest BCUT2D eigenvalue weighted by Crippen LogP contribution is 2.26. The van der Waals surface area contributed by atoms with Gasteiger partial charge in [-0.05, 0) is 78.3 Å². The van der Waals surface area contributed by atoms with Crippen LogP contribution in [0.25, 0.3) is 0 Å².